The highest BCUT2D eigenvalue weighted by Gasteiger charge is 2.30. The van der Waals surface area contributed by atoms with Crippen LogP contribution in [0.3, 0.4) is 0 Å². The van der Waals surface area contributed by atoms with E-state index < -0.39 is 5.97 Å². The third kappa shape index (κ3) is 2.77. The van der Waals surface area contributed by atoms with Crippen molar-refractivity contribution in [3.8, 4) is 0 Å². The number of aromatic nitrogens is 5. The molecule has 0 bridgehead atoms. The van der Waals surface area contributed by atoms with Gasteiger partial charge in [0.1, 0.15) is 6.54 Å². The predicted molar refractivity (Wildman–Crippen MR) is 69.2 cm³/mol. The zero-order valence-corrected chi connectivity index (χ0v) is 11.7. The number of hydrogen-bond acceptors (Lipinski definition) is 8. The van der Waals surface area contributed by atoms with E-state index in [1.807, 2.05) is 0 Å². The van der Waals surface area contributed by atoms with Gasteiger partial charge in [-0.3, -0.25) is 0 Å². The topological polar surface area (TPSA) is 122 Å². The van der Waals surface area contributed by atoms with Crippen molar-refractivity contribution in [2.24, 2.45) is 5.73 Å². The maximum absolute atomic E-state index is 11.7. The zero-order chi connectivity index (χ0) is 14.8. The summed E-state index contributed by atoms with van der Waals surface area (Å²) in [6.07, 6.45) is 2.18. The Hall–Kier alpha value is -2.29. The van der Waals surface area contributed by atoms with Crippen molar-refractivity contribution in [2.45, 2.75) is 38.8 Å². The smallest absolute Gasteiger partial charge is 0.360 e. The lowest BCUT2D eigenvalue weighted by Crippen LogP contribution is -2.15. The van der Waals surface area contributed by atoms with E-state index >= 15 is 0 Å². The number of ether oxygens (including phenoxy) is 1. The van der Waals surface area contributed by atoms with E-state index in [2.05, 4.69) is 20.5 Å². The quantitative estimate of drug-likeness (QED) is 0.750. The van der Waals surface area contributed by atoms with E-state index in [0.717, 1.165) is 12.8 Å². The third-order valence-electron chi connectivity index (χ3n) is 3.20. The van der Waals surface area contributed by atoms with E-state index in [1.165, 1.54) is 4.68 Å². The van der Waals surface area contributed by atoms with E-state index in [-0.39, 0.29) is 25.4 Å². The summed E-state index contributed by atoms with van der Waals surface area (Å²) in [6, 6.07) is 0. The molecule has 0 radical (unpaired) electrons. The molecule has 2 N–H and O–H groups in total. The van der Waals surface area contributed by atoms with Crippen molar-refractivity contribution in [2.75, 3.05) is 6.61 Å². The molecule has 0 saturated heterocycles. The lowest BCUT2D eigenvalue weighted by atomic mass is 10.3. The first kappa shape index (κ1) is 13.7. The Kier molecular flexibility index (Phi) is 3.65. The van der Waals surface area contributed by atoms with Gasteiger partial charge in [-0.2, -0.15) is 4.98 Å². The first-order valence-corrected chi connectivity index (χ1v) is 6.85. The van der Waals surface area contributed by atoms with Gasteiger partial charge in [-0.15, -0.1) is 5.10 Å². The Labute approximate surface area is 120 Å². The zero-order valence-electron chi connectivity index (χ0n) is 11.7. The molecule has 3 rings (SSSR count). The first-order valence-electron chi connectivity index (χ1n) is 6.85. The lowest BCUT2D eigenvalue weighted by molar-refractivity contribution is 0.0518. The second-order valence-electron chi connectivity index (χ2n) is 4.79. The Morgan fingerprint density at radius 3 is 3.00 bits per heavy atom. The number of nitrogens with two attached hydrogens (primary N) is 1. The lowest BCUT2D eigenvalue weighted by Gasteiger charge is -2.03. The molecule has 21 heavy (non-hydrogen) atoms. The van der Waals surface area contributed by atoms with Crippen LogP contribution in [-0.4, -0.2) is 37.7 Å². The molecule has 9 heteroatoms. The molecule has 112 valence electrons. The van der Waals surface area contributed by atoms with Crippen LogP contribution >= 0.6 is 0 Å². The third-order valence-corrected chi connectivity index (χ3v) is 3.20. The number of hydrogen-bond donors (Lipinski definition) is 1. The molecule has 0 aromatic carbocycles. The molecule has 1 saturated carbocycles. The molecular formula is C12H16N6O3. The molecule has 0 spiro atoms. The number of rotatable bonds is 6. The summed E-state index contributed by atoms with van der Waals surface area (Å²) in [6.45, 7) is 2.37. The molecule has 2 aromatic heterocycles. The summed E-state index contributed by atoms with van der Waals surface area (Å²) in [4.78, 5) is 16.1. The Bertz CT molecular complexity index is 645. The Balaban J connectivity index is 1.79. The summed E-state index contributed by atoms with van der Waals surface area (Å²) in [5, 5.41) is 11.7. The average molecular weight is 292 g/mol. The fraction of sp³-hybridized carbons (Fsp3) is 0.583. The molecule has 0 aliphatic heterocycles. The minimum atomic E-state index is -0.531. The van der Waals surface area contributed by atoms with Gasteiger partial charge in [-0.25, -0.2) is 9.48 Å². The highest BCUT2D eigenvalue weighted by Crippen LogP contribution is 2.38. The van der Waals surface area contributed by atoms with Crippen molar-refractivity contribution in [1.82, 2.24) is 25.1 Å². The van der Waals surface area contributed by atoms with E-state index in [1.54, 1.807) is 6.92 Å². The second-order valence-corrected chi connectivity index (χ2v) is 4.79. The van der Waals surface area contributed by atoms with Crippen LogP contribution in [-0.2, 0) is 17.8 Å². The van der Waals surface area contributed by atoms with Crippen LogP contribution in [0.1, 0.15) is 53.6 Å². The van der Waals surface area contributed by atoms with Gasteiger partial charge in [0.05, 0.1) is 12.3 Å². The number of nitrogens with zero attached hydrogens (tertiary/aromatic N) is 5. The molecule has 9 nitrogen and oxygen atoms in total. The highest BCUT2D eigenvalue weighted by molar-refractivity contribution is 5.88. The first-order chi connectivity index (χ1) is 10.2. The SMILES string of the molecule is CCOC(=O)c1nnn(Cc2noc(C3CC3)n2)c1CN. The molecule has 1 aliphatic rings. The van der Waals surface area contributed by atoms with Crippen LogP contribution in [0.2, 0.25) is 0 Å². The molecule has 2 heterocycles. The van der Waals surface area contributed by atoms with Gasteiger partial charge in [-0.05, 0) is 19.8 Å². The van der Waals surface area contributed by atoms with Crippen LogP contribution in [0.4, 0.5) is 0 Å². The molecule has 2 aromatic rings. The molecule has 1 fully saturated rings. The summed E-state index contributed by atoms with van der Waals surface area (Å²) in [7, 11) is 0. The molecular weight excluding hydrogens is 276 g/mol. The fourth-order valence-electron chi connectivity index (χ4n) is 1.98. The summed E-state index contributed by atoms with van der Waals surface area (Å²) in [5.41, 5.74) is 6.30. The van der Waals surface area contributed by atoms with Gasteiger partial charge in [-0.1, -0.05) is 10.4 Å². The average Bonchev–Trinajstić information content (AvgIpc) is 3.09. The molecule has 0 amide bonds. The Morgan fingerprint density at radius 1 is 1.52 bits per heavy atom. The van der Waals surface area contributed by atoms with Gasteiger partial charge in [0.15, 0.2) is 11.5 Å². The summed E-state index contributed by atoms with van der Waals surface area (Å²) in [5.74, 6) is 1.01. The van der Waals surface area contributed by atoms with Gasteiger partial charge in [0, 0.05) is 12.5 Å². The minimum absolute atomic E-state index is 0.120. The standard InChI is InChI=1S/C12H16N6O3/c1-2-20-12(19)10-8(5-13)18(17-15-10)6-9-14-11(21-16-9)7-3-4-7/h7H,2-6,13H2,1H3. The maximum Gasteiger partial charge on any atom is 0.360 e. The minimum Gasteiger partial charge on any atom is -0.461 e. The largest absolute Gasteiger partial charge is 0.461 e. The van der Waals surface area contributed by atoms with Crippen LogP contribution in [0.25, 0.3) is 0 Å². The van der Waals surface area contributed by atoms with Gasteiger partial charge >= 0.3 is 5.97 Å². The van der Waals surface area contributed by atoms with Crippen molar-refractivity contribution in [3.05, 3.63) is 23.1 Å². The number of esters is 1. The highest BCUT2D eigenvalue weighted by atomic mass is 16.5. The van der Waals surface area contributed by atoms with Crippen LogP contribution in [0.15, 0.2) is 4.52 Å². The van der Waals surface area contributed by atoms with Crippen molar-refractivity contribution >= 4 is 5.97 Å². The monoisotopic (exact) mass is 292 g/mol. The summed E-state index contributed by atoms with van der Waals surface area (Å²) < 4.78 is 11.6. The van der Waals surface area contributed by atoms with E-state index in [0.29, 0.717) is 23.3 Å². The second kappa shape index (κ2) is 5.60. The fourth-order valence-corrected chi connectivity index (χ4v) is 1.98. The number of carbonyl (C=O) groups excluding carboxylic acids is 1. The molecule has 0 unspecified atom stereocenters. The van der Waals surface area contributed by atoms with Crippen molar-refractivity contribution in [3.63, 3.8) is 0 Å². The van der Waals surface area contributed by atoms with Gasteiger partial charge in [0.2, 0.25) is 5.89 Å². The number of carbonyl (C=O) groups is 1. The Morgan fingerprint density at radius 2 is 2.33 bits per heavy atom. The van der Waals surface area contributed by atoms with E-state index in [9.17, 15) is 4.79 Å². The van der Waals surface area contributed by atoms with Crippen LogP contribution in [0.5, 0.6) is 0 Å². The van der Waals surface area contributed by atoms with Crippen molar-refractivity contribution < 1.29 is 14.1 Å². The normalized spacial score (nSPS) is 14.4. The van der Waals surface area contributed by atoms with Crippen LogP contribution < -0.4 is 5.73 Å². The molecule has 1 aliphatic carbocycles. The van der Waals surface area contributed by atoms with E-state index in [4.69, 9.17) is 15.0 Å². The van der Waals surface area contributed by atoms with Gasteiger partial charge in [0.25, 0.3) is 0 Å². The predicted octanol–water partition coefficient (Wildman–Crippen LogP) is 0.222. The van der Waals surface area contributed by atoms with Crippen LogP contribution in [0, 0.1) is 0 Å². The van der Waals surface area contributed by atoms with Crippen molar-refractivity contribution in [1.29, 1.82) is 0 Å². The van der Waals surface area contributed by atoms with Gasteiger partial charge < -0.3 is 15.0 Å². The molecule has 0 atom stereocenters. The maximum atomic E-state index is 11.7. The summed E-state index contributed by atoms with van der Waals surface area (Å²) >= 11 is 0.